The summed E-state index contributed by atoms with van der Waals surface area (Å²) in [7, 11) is 2.28. The number of likely N-dealkylation sites (tertiary alicyclic amines) is 1. The van der Waals surface area contributed by atoms with Gasteiger partial charge in [-0.15, -0.1) is 0 Å². The summed E-state index contributed by atoms with van der Waals surface area (Å²) in [4.78, 5) is 5.15. The molecule has 1 saturated heterocycles. The van der Waals surface area contributed by atoms with Gasteiger partial charge in [0.05, 0.1) is 0 Å². The van der Waals surface area contributed by atoms with E-state index in [9.17, 15) is 0 Å². The fraction of sp³-hybridized carbons (Fsp3) is 1.00. The monoisotopic (exact) mass is 258 g/mol. The van der Waals surface area contributed by atoms with Crippen molar-refractivity contribution in [3.63, 3.8) is 0 Å². The Balaban J connectivity index is 2.29. The van der Waals surface area contributed by atoms with Crippen LogP contribution in [0, 0.1) is 5.92 Å². The van der Waals surface area contributed by atoms with Gasteiger partial charge in [0, 0.05) is 19.1 Å². The maximum absolute atomic E-state index is 4.47. The van der Waals surface area contributed by atoms with Gasteiger partial charge in [0.2, 0.25) is 0 Å². The van der Waals surface area contributed by atoms with Crippen molar-refractivity contribution in [2.24, 2.45) is 5.92 Å². The molecule has 1 aliphatic heterocycles. The fourth-order valence-corrected chi connectivity index (χ4v) is 3.34. The largest absolute Gasteiger partial charge is 0.305 e. The Kier molecular flexibility index (Phi) is 7.56. The second-order valence-corrected chi connectivity index (χ2v) is 5.85. The third-order valence-corrected chi connectivity index (χ3v) is 4.47. The first-order chi connectivity index (χ1) is 8.21. The molecule has 0 aromatic heterocycles. The molecule has 2 atom stereocenters. The maximum atomic E-state index is 4.47. The van der Waals surface area contributed by atoms with Gasteiger partial charge in [-0.3, -0.25) is 4.90 Å². The van der Waals surface area contributed by atoms with Crippen molar-refractivity contribution in [1.29, 1.82) is 0 Å². The Hall–Kier alpha value is 0.270. The van der Waals surface area contributed by atoms with Crippen molar-refractivity contribution >= 4 is 12.6 Å². The first-order valence-corrected chi connectivity index (χ1v) is 7.87. The minimum Gasteiger partial charge on any atom is -0.305 e. The number of hydrogen-bond acceptors (Lipinski definition) is 3. The lowest BCUT2D eigenvalue weighted by molar-refractivity contribution is 0.184. The van der Waals surface area contributed by atoms with E-state index in [1.807, 2.05) is 0 Å². The third kappa shape index (κ3) is 5.19. The molecule has 0 aromatic carbocycles. The predicted molar refractivity (Wildman–Crippen MR) is 80.0 cm³/mol. The smallest absolute Gasteiger partial charge is 0.0223 e. The summed E-state index contributed by atoms with van der Waals surface area (Å²) in [6.45, 7) is 9.52. The van der Waals surface area contributed by atoms with Crippen LogP contribution in [0.1, 0.15) is 39.5 Å². The zero-order chi connectivity index (χ0) is 12.7. The molecule has 0 aliphatic carbocycles. The lowest BCUT2D eigenvalue weighted by Gasteiger charge is -2.29. The van der Waals surface area contributed by atoms with Crippen LogP contribution < -0.4 is 0 Å². The molecule has 0 saturated carbocycles. The molecule has 1 aliphatic rings. The van der Waals surface area contributed by atoms with Crippen LogP contribution in [-0.2, 0) is 0 Å². The highest BCUT2D eigenvalue weighted by atomic mass is 32.1. The Morgan fingerprint density at radius 1 is 1.41 bits per heavy atom. The highest BCUT2D eigenvalue weighted by molar-refractivity contribution is 7.80. The van der Waals surface area contributed by atoms with Crippen molar-refractivity contribution in [3.05, 3.63) is 0 Å². The molecule has 0 aromatic rings. The van der Waals surface area contributed by atoms with E-state index in [0.717, 1.165) is 17.7 Å². The van der Waals surface area contributed by atoms with E-state index < -0.39 is 0 Å². The van der Waals surface area contributed by atoms with Crippen molar-refractivity contribution in [2.45, 2.75) is 45.6 Å². The topological polar surface area (TPSA) is 6.48 Å². The first kappa shape index (κ1) is 15.3. The van der Waals surface area contributed by atoms with Gasteiger partial charge in [-0.1, -0.05) is 20.3 Å². The molecular weight excluding hydrogens is 228 g/mol. The second kappa shape index (κ2) is 8.39. The number of nitrogens with zero attached hydrogens (tertiary/aromatic N) is 2. The van der Waals surface area contributed by atoms with Crippen molar-refractivity contribution in [1.82, 2.24) is 9.80 Å². The van der Waals surface area contributed by atoms with Crippen LogP contribution in [0.15, 0.2) is 0 Å². The quantitative estimate of drug-likeness (QED) is 0.669. The van der Waals surface area contributed by atoms with E-state index in [2.05, 4.69) is 43.3 Å². The van der Waals surface area contributed by atoms with Crippen LogP contribution in [0.2, 0.25) is 0 Å². The molecule has 1 heterocycles. The molecule has 3 heteroatoms. The number of hydrogen-bond donors (Lipinski definition) is 1. The summed E-state index contributed by atoms with van der Waals surface area (Å²) in [6.07, 6.45) is 5.37. The number of rotatable bonds is 8. The standard InChI is InChI=1S/C14H30N2S/c1-4-7-13(12-17)10-15(3)11-14-8-6-9-16(14)5-2/h13-14,17H,4-12H2,1-3H3. The predicted octanol–water partition coefficient (Wildman–Crippen LogP) is 2.75. The van der Waals surface area contributed by atoms with Gasteiger partial charge >= 0.3 is 0 Å². The van der Waals surface area contributed by atoms with Crippen LogP contribution in [0.5, 0.6) is 0 Å². The molecule has 1 rings (SSSR count). The van der Waals surface area contributed by atoms with Crippen LogP contribution in [0.25, 0.3) is 0 Å². The SMILES string of the molecule is CCCC(CS)CN(C)CC1CCCN1CC. The molecule has 1 fully saturated rings. The fourth-order valence-electron chi connectivity index (χ4n) is 3.04. The van der Waals surface area contributed by atoms with Gasteiger partial charge in [0.1, 0.15) is 0 Å². The minimum atomic E-state index is 0.768. The summed E-state index contributed by atoms with van der Waals surface area (Å²) in [6, 6.07) is 0.798. The Morgan fingerprint density at radius 2 is 2.18 bits per heavy atom. The van der Waals surface area contributed by atoms with Crippen molar-refractivity contribution < 1.29 is 0 Å². The van der Waals surface area contributed by atoms with E-state index in [1.165, 1.54) is 51.9 Å². The first-order valence-electron chi connectivity index (χ1n) is 7.24. The highest BCUT2D eigenvalue weighted by Gasteiger charge is 2.24. The summed E-state index contributed by atoms with van der Waals surface area (Å²) in [5.41, 5.74) is 0. The van der Waals surface area contributed by atoms with Crippen molar-refractivity contribution in [2.75, 3.05) is 39.0 Å². The second-order valence-electron chi connectivity index (χ2n) is 5.48. The average Bonchev–Trinajstić information content (AvgIpc) is 2.75. The van der Waals surface area contributed by atoms with Crippen LogP contribution in [0.4, 0.5) is 0 Å². The molecule has 0 N–H and O–H groups in total. The van der Waals surface area contributed by atoms with Crippen LogP contribution in [-0.4, -0.2) is 54.8 Å². The molecule has 0 amide bonds. The van der Waals surface area contributed by atoms with E-state index in [-0.39, 0.29) is 0 Å². The molecule has 2 nitrogen and oxygen atoms in total. The Morgan fingerprint density at radius 3 is 2.76 bits per heavy atom. The normalized spacial score (nSPS) is 23.5. The van der Waals surface area contributed by atoms with Gasteiger partial charge in [0.25, 0.3) is 0 Å². The van der Waals surface area contributed by atoms with Gasteiger partial charge in [-0.2, -0.15) is 12.6 Å². The zero-order valence-corrected chi connectivity index (χ0v) is 12.8. The molecule has 2 unspecified atom stereocenters. The van der Waals surface area contributed by atoms with E-state index >= 15 is 0 Å². The molecule has 17 heavy (non-hydrogen) atoms. The van der Waals surface area contributed by atoms with Gasteiger partial charge in [-0.05, 0) is 51.1 Å². The third-order valence-electron chi connectivity index (χ3n) is 3.95. The summed E-state index contributed by atoms with van der Waals surface area (Å²) >= 11 is 4.47. The van der Waals surface area contributed by atoms with Crippen molar-refractivity contribution in [3.8, 4) is 0 Å². The minimum absolute atomic E-state index is 0.768. The van der Waals surface area contributed by atoms with E-state index in [0.29, 0.717) is 0 Å². The average molecular weight is 258 g/mol. The summed E-state index contributed by atoms with van der Waals surface area (Å²) < 4.78 is 0. The molecular formula is C14H30N2S. The van der Waals surface area contributed by atoms with E-state index in [4.69, 9.17) is 0 Å². The molecule has 0 spiro atoms. The van der Waals surface area contributed by atoms with Gasteiger partial charge < -0.3 is 4.90 Å². The molecule has 102 valence electrons. The van der Waals surface area contributed by atoms with Crippen LogP contribution >= 0.6 is 12.6 Å². The zero-order valence-electron chi connectivity index (χ0n) is 11.9. The Bertz CT molecular complexity index is 199. The molecule has 0 radical (unpaired) electrons. The maximum Gasteiger partial charge on any atom is 0.0223 e. The lowest BCUT2D eigenvalue weighted by Crippen LogP contribution is -2.40. The van der Waals surface area contributed by atoms with Crippen LogP contribution in [0.3, 0.4) is 0 Å². The van der Waals surface area contributed by atoms with Gasteiger partial charge in [0.15, 0.2) is 0 Å². The number of thiol groups is 1. The summed E-state index contributed by atoms with van der Waals surface area (Å²) in [5.74, 6) is 1.80. The van der Waals surface area contributed by atoms with E-state index in [1.54, 1.807) is 0 Å². The number of likely N-dealkylation sites (N-methyl/N-ethyl adjacent to an activating group) is 2. The molecule has 0 bridgehead atoms. The summed E-state index contributed by atoms with van der Waals surface area (Å²) in [5, 5.41) is 0. The highest BCUT2D eigenvalue weighted by Crippen LogP contribution is 2.18. The lowest BCUT2D eigenvalue weighted by atomic mass is 10.1. The Labute approximate surface area is 113 Å². The van der Waals surface area contributed by atoms with Gasteiger partial charge in [-0.25, -0.2) is 0 Å².